The summed E-state index contributed by atoms with van der Waals surface area (Å²) in [5.41, 5.74) is 7.49. The summed E-state index contributed by atoms with van der Waals surface area (Å²) < 4.78 is 0. The fourth-order valence-corrected chi connectivity index (χ4v) is 3.07. The molecule has 7 nitrogen and oxygen atoms in total. The molecule has 0 saturated carbocycles. The van der Waals surface area contributed by atoms with E-state index in [-0.39, 0.29) is 17.5 Å². The molecular formula is C20H25N5O2. The smallest absolute Gasteiger partial charge is 0.274 e. The molecule has 0 aliphatic carbocycles. The summed E-state index contributed by atoms with van der Waals surface area (Å²) in [6, 6.07) is 10.1. The van der Waals surface area contributed by atoms with Crippen molar-refractivity contribution in [2.24, 2.45) is 0 Å². The number of piperidine rings is 1. The average molecular weight is 367 g/mol. The van der Waals surface area contributed by atoms with Gasteiger partial charge in [0.25, 0.3) is 11.8 Å². The van der Waals surface area contributed by atoms with E-state index in [2.05, 4.69) is 20.5 Å². The second-order valence-corrected chi connectivity index (χ2v) is 6.63. The van der Waals surface area contributed by atoms with Gasteiger partial charge >= 0.3 is 0 Å². The zero-order valence-electron chi connectivity index (χ0n) is 15.3. The maximum absolute atomic E-state index is 12.3. The molecule has 3 rings (SSSR count). The summed E-state index contributed by atoms with van der Waals surface area (Å²) in [6.07, 6.45) is 5.18. The molecule has 2 heterocycles. The van der Waals surface area contributed by atoms with E-state index in [0.29, 0.717) is 23.5 Å². The number of rotatable bonds is 6. The molecule has 2 amide bonds. The van der Waals surface area contributed by atoms with Gasteiger partial charge in [-0.25, -0.2) is 0 Å². The van der Waals surface area contributed by atoms with Crippen molar-refractivity contribution in [3.63, 3.8) is 0 Å². The van der Waals surface area contributed by atoms with Crippen molar-refractivity contribution < 1.29 is 9.59 Å². The topological polar surface area (TPSA) is 100 Å². The van der Waals surface area contributed by atoms with E-state index in [9.17, 15) is 9.59 Å². The van der Waals surface area contributed by atoms with Crippen molar-refractivity contribution in [2.45, 2.75) is 19.3 Å². The monoisotopic (exact) mass is 367 g/mol. The number of nitrogens with zero attached hydrogens (tertiary/aromatic N) is 2. The maximum atomic E-state index is 12.3. The van der Waals surface area contributed by atoms with Crippen LogP contribution in [-0.4, -0.2) is 47.9 Å². The summed E-state index contributed by atoms with van der Waals surface area (Å²) in [4.78, 5) is 30.9. The fraction of sp³-hybridized carbons (Fsp3) is 0.350. The number of nitrogen functional groups attached to an aromatic ring is 1. The van der Waals surface area contributed by atoms with Gasteiger partial charge < -0.3 is 21.3 Å². The van der Waals surface area contributed by atoms with Gasteiger partial charge in [-0.2, -0.15) is 0 Å². The number of nitrogens with one attached hydrogen (secondary N) is 2. The van der Waals surface area contributed by atoms with Crippen LogP contribution in [-0.2, 0) is 0 Å². The number of carbonyl (C=O) groups excluding carboxylic acids is 2. The van der Waals surface area contributed by atoms with Crippen molar-refractivity contribution in [3.05, 3.63) is 53.9 Å². The molecule has 1 fully saturated rings. The minimum absolute atomic E-state index is 0.182. The van der Waals surface area contributed by atoms with Crippen LogP contribution < -0.4 is 16.4 Å². The lowest BCUT2D eigenvalue weighted by Crippen LogP contribution is -2.37. The normalized spacial score (nSPS) is 14.5. The molecule has 0 spiro atoms. The van der Waals surface area contributed by atoms with Gasteiger partial charge in [0.15, 0.2) is 0 Å². The molecule has 1 saturated heterocycles. The maximum Gasteiger partial charge on any atom is 0.274 e. The van der Waals surface area contributed by atoms with Crippen molar-refractivity contribution >= 4 is 23.2 Å². The summed E-state index contributed by atoms with van der Waals surface area (Å²) in [7, 11) is 0. The number of para-hydroxylation sites is 2. The van der Waals surface area contributed by atoms with Gasteiger partial charge in [0.2, 0.25) is 0 Å². The molecule has 1 aromatic heterocycles. The molecule has 2 aromatic rings. The quantitative estimate of drug-likeness (QED) is 0.679. The fourth-order valence-electron chi connectivity index (χ4n) is 3.07. The number of likely N-dealkylation sites (tertiary alicyclic amines) is 1. The summed E-state index contributed by atoms with van der Waals surface area (Å²) >= 11 is 0. The van der Waals surface area contributed by atoms with Crippen LogP contribution in [0.3, 0.4) is 0 Å². The molecule has 1 aromatic carbocycles. The van der Waals surface area contributed by atoms with Gasteiger partial charge in [-0.15, -0.1) is 0 Å². The van der Waals surface area contributed by atoms with E-state index in [0.717, 1.165) is 19.6 Å². The molecule has 0 radical (unpaired) electrons. The highest BCUT2D eigenvalue weighted by molar-refractivity contribution is 6.04. The third-order valence-corrected chi connectivity index (χ3v) is 4.63. The van der Waals surface area contributed by atoms with Gasteiger partial charge in [0.05, 0.1) is 16.9 Å². The molecule has 1 aliphatic rings. The van der Waals surface area contributed by atoms with Crippen LogP contribution >= 0.6 is 0 Å². The molecule has 0 atom stereocenters. The van der Waals surface area contributed by atoms with E-state index in [1.807, 2.05) is 0 Å². The second-order valence-electron chi connectivity index (χ2n) is 6.63. The van der Waals surface area contributed by atoms with Crippen LogP contribution in [0.15, 0.2) is 42.6 Å². The highest BCUT2D eigenvalue weighted by atomic mass is 16.2. The van der Waals surface area contributed by atoms with Crippen molar-refractivity contribution in [3.8, 4) is 0 Å². The number of nitrogens with two attached hydrogens (primary N) is 1. The first-order valence-corrected chi connectivity index (χ1v) is 9.26. The predicted octanol–water partition coefficient (Wildman–Crippen LogP) is 2.13. The molecule has 0 bridgehead atoms. The predicted molar refractivity (Wildman–Crippen MR) is 106 cm³/mol. The van der Waals surface area contributed by atoms with Gasteiger partial charge in [-0.05, 0) is 50.2 Å². The Morgan fingerprint density at radius 3 is 2.52 bits per heavy atom. The van der Waals surface area contributed by atoms with E-state index in [4.69, 9.17) is 5.73 Å². The van der Waals surface area contributed by atoms with Crippen molar-refractivity contribution in [1.82, 2.24) is 15.2 Å². The zero-order chi connectivity index (χ0) is 19.1. The SMILES string of the molecule is Nc1ccccc1NC(=O)c1ccc(C(=O)NCCN2CCCCC2)cn1. The lowest BCUT2D eigenvalue weighted by molar-refractivity contribution is 0.0944. The van der Waals surface area contributed by atoms with Gasteiger partial charge in [0, 0.05) is 19.3 Å². The van der Waals surface area contributed by atoms with Gasteiger partial charge in [-0.1, -0.05) is 18.6 Å². The first-order valence-electron chi connectivity index (χ1n) is 9.26. The standard InChI is InChI=1S/C20H25N5O2/c21-16-6-2-3-7-17(16)24-20(27)18-9-8-15(14-23-18)19(26)22-10-13-25-11-4-1-5-12-25/h2-3,6-9,14H,1,4-5,10-13,21H2,(H,22,26)(H,24,27). The first-order chi connectivity index (χ1) is 13.1. The summed E-state index contributed by atoms with van der Waals surface area (Å²) in [6.45, 7) is 3.67. The average Bonchev–Trinajstić information content (AvgIpc) is 2.70. The second kappa shape index (κ2) is 9.14. The zero-order valence-corrected chi connectivity index (χ0v) is 15.3. The van der Waals surface area contributed by atoms with Crippen LogP contribution in [0.4, 0.5) is 11.4 Å². The highest BCUT2D eigenvalue weighted by Crippen LogP contribution is 2.17. The minimum Gasteiger partial charge on any atom is -0.397 e. The van der Waals surface area contributed by atoms with Crippen LogP contribution in [0.25, 0.3) is 0 Å². The Morgan fingerprint density at radius 2 is 1.81 bits per heavy atom. The number of anilines is 2. The Balaban J connectivity index is 1.50. The third kappa shape index (κ3) is 5.27. The number of hydrogen-bond donors (Lipinski definition) is 3. The number of hydrogen-bond acceptors (Lipinski definition) is 5. The van der Waals surface area contributed by atoms with Crippen LogP contribution in [0.1, 0.15) is 40.1 Å². The van der Waals surface area contributed by atoms with E-state index in [1.165, 1.54) is 31.5 Å². The number of pyridine rings is 1. The van der Waals surface area contributed by atoms with Crippen molar-refractivity contribution in [1.29, 1.82) is 0 Å². The Kier molecular flexibility index (Phi) is 6.38. The Hall–Kier alpha value is -2.93. The summed E-state index contributed by atoms with van der Waals surface area (Å²) in [5.74, 6) is -0.552. The number of benzene rings is 1. The largest absolute Gasteiger partial charge is 0.397 e. The third-order valence-electron chi connectivity index (χ3n) is 4.63. The van der Waals surface area contributed by atoms with E-state index in [1.54, 1.807) is 30.3 Å². The first kappa shape index (κ1) is 18.8. The van der Waals surface area contributed by atoms with Gasteiger partial charge in [0.1, 0.15) is 5.69 Å². The Labute approximate surface area is 159 Å². The minimum atomic E-state index is -0.370. The van der Waals surface area contributed by atoms with Crippen LogP contribution in [0, 0.1) is 0 Å². The lowest BCUT2D eigenvalue weighted by atomic mass is 10.1. The molecule has 142 valence electrons. The number of amides is 2. The molecular weight excluding hydrogens is 342 g/mol. The van der Waals surface area contributed by atoms with Gasteiger partial charge in [-0.3, -0.25) is 14.6 Å². The Bertz CT molecular complexity index is 785. The molecule has 27 heavy (non-hydrogen) atoms. The highest BCUT2D eigenvalue weighted by Gasteiger charge is 2.13. The van der Waals surface area contributed by atoms with E-state index >= 15 is 0 Å². The molecule has 7 heteroatoms. The molecule has 0 unspecified atom stereocenters. The lowest BCUT2D eigenvalue weighted by Gasteiger charge is -2.26. The number of carbonyl (C=O) groups is 2. The molecule has 1 aliphatic heterocycles. The van der Waals surface area contributed by atoms with E-state index < -0.39 is 0 Å². The number of aromatic nitrogens is 1. The Morgan fingerprint density at radius 1 is 1.04 bits per heavy atom. The van der Waals surface area contributed by atoms with Crippen LogP contribution in [0.2, 0.25) is 0 Å². The molecule has 4 N–H and O–H groups in total. The summed E-state index contributed by atoms with van der Waals surface area (Å²) in [5, 5.41) is 5.62. The van der Waals surface area contributed by atoms with Crippen LogP contribution in [0.5, 0.6) is 0 Å². The van der Waals surface area contributed by atoms with Crippen molar-refractivity contribution in [2.75, 3.05) is 37.2 Å².